The molecule has 0 saturated heterocycles. The Hall–Kier alpha value is -1.26. The Morgan fingerprint density at radius 1 is 1.25 bits per heavy atom. The van der Waals surface area contributed by atoms with E-state index in [0.717, 1.165) is 18.8 Å². The number of rotatable bonds is 4. The molecule has 0 atom stereocenters. The molecule has 0 aliphatic heterocycles. The van der Waals surface area contributed by atoms with Crippen LogP contribution in [0.3, 0.4) is 0 Å². The molecule has 3 amide bonds. The summed E-state index contributed by atoms with van der Waals surface area (Å²) in [6.45, 7) is 2.55. The van der Waals surface area contributed by atoms with Gasteiger partial charge >= 0.3 is 6.03 Å². The largest absolute Gasteiger partial charge is 0.353 e. The molecule has 0 bridgehead atoms. The lowest BCUT2D eigenvalue weighted by Crippen LogP contribution is -2.39. The molecule has 1 fully saturated rings. The first-order valence-electron chi connectivity index (χ1n) is 5.90. The maximum absolute atomic E-state index is 11.5. The van der Waals surface area contributed by atoms with E-state index in [9.17, 15) is 9.59 Å². The van der Waals surface area contributed by atoms with Crippen LogP contribution in [0, 0.1) is 5.92 Å². The Morgan fingerprint density at radius 3 is 2.44 bits per heavy atom. The average molecular weight is 227 g/mol. The van der Waals surface area contributed by atoms with Gasteiger partial charge < -0.3 is 16.4 Å². The topological polar surface area (TPSA) is 84.2 Å². The van der Waals surface area contributed by atoms with Crippen molar-refractivity contribution in [1.29, 1.82) is 0 Å². The smallest absolute Gasteiger partial charge is 0.312 e. The molecule has 4 N–H and O–H groups in total. The summed E-state index contributed by atoms with van der Waals surface area (Å²) in [7, 11) is 0. The lowest BCUT2D eigenvalue weighted by atomic mass is 9.87. The van der Waals surface area contributed by atoms with Crippen LogP contribution in [-0.4, -0.2) is 24.5 Å². The third-order valence-electron chi connectivity index (χ3n) is 3.03. The van der Waals surface area contributed by atoms with Gasteiger partial charge in [-0.25, -0.2) is 4.79 Å². The highest BCUT2D eigenvalue weighted by Crippen LogP contribution is 2.23. The van der Waals surface area contributed by atoms with E-state index in [1.54, 1.807) is 0 Å². The standard InChI is InChI=1S/C11H21N3O2/c1-8-2-4-9(5-3-8)14-10(15)6-7-13-11(12)16/h8-9H,2-7H2,1H3,(H,14,15)(H3,12,13,16). The van der Waals surface area contributed by atoms with Gasteiger partial charge in [0.2, 0.25) is 5.91 Å². The summed E-state index contributed by atoms with van der Waals surface area (Å²) in [6.07, 6.45) is 4.80. The van der Waals surface area contributed by atoms with E-state index in [0.29, 0.717) is 19.0 Å². The predicted octanol–water partition coefficient (Wildman–Crippen LogP) is 0.740. The van der Waals surface area contributed by atoms with Crippen LogP contribution in [0.2, 0.25) is 0 Å². The minimum absolute atomic E-state index is 0.00620. The molecule has 0 aromatic rings. The second kappa shape index (κ2) is 6.35. The molecule has 1 saturated carbocycles. The fourth-order valence-electron chi connectivity index (χ4n) is 2.00. The zero-order chi connectivity index (χ0) is 12.0. The van der Waals surface area contributed by atoms with Crippen LogP contribution in [0.15, 0.2) is 0 Å². The van der Waals surface area contributed by atoms with Crippen LogP contribution < -0.4 is 16.4 Å². The highest BCUT2D eigenvalue weighted by molar-refractivity contribution is 5.77. The normalized spacial score (nSPS) is 24.8. The van der Waals surface area contributed by atoms with Crippen LogP contribution in [-0.2, 0) is 4.79 Å². The van der Waals surface area contributed by atoms with Gasteiger partial charge in [0, 0.05) is 19.0 Å². The lowest BCUT2D eigenvalue weighted by molar-refractivity contribution is -0.121. The van der Waals surface area contributed by atoms with Crippen molar-refractivity contribution in [3.05, 3.63) is 0 Å². The molecular formula is C11H21N3O2. The van der Waals surface area contributed by atoms with Gasteiger partial charge in [0.25, 0.3) is 0 Å². The SMILES string of the molecule is CC1CCC(NC(=O)CCNC(N)=O)CC1. The Bertz CT molecular complexity index is 248. The first-order valence-corrected chi connectivity index (χ1v) is 5.90. The fraction of sp³-hybridized carbons (Fsp3) is 0.818. The number of nitrogens with one attached hydrogen (secondary N) is 2. The van der Waals surface area contributed by atoms with Gasteiger partial charge in [0.05, 0.1) is 0 Å². The number of carbonyl (C=O) groups excluding carboxylic acids is 2. The van der Waals surface area contributed by atoms with Crippen molar-refractivity contribution in [2.75, 3.05) is 6.54 Å². The van der Waals surface area contributed by atoms with Crippen LogP contribution in [0.5, 0.6) is 0 Å². The van der Waals surface area contributed by atoms with Gasteiger partial charge in [-0.05, 0) is 31.6 Å². The van der Waals surface area contributed by atoms with Crippen molar-refractivity contribution < 1.29 is 9.59 Å². The first kappa shape index (κ1) is 12.8. The Balaban J connectivity index is 2.11. The molecule has 0 aromatic heterocycles. The monoisotopic (exact) mass is 227 g/mol. The molecular weight excluding hydrogens is 206 g/mol. The molecule has 0 radical (unpaired) electrons. The van der Waals surface area contributed by atoms with Crippen molar-refractivity contribution in [3.8, 4) is 0 Å². The number of nitrogens with two attached hydrogens (primary N) is 1. The summed E-state index contributed by atoms with van der Waals surface area (Å²) in [4.78, 5) is 21.9. The maximum atomic E-state index is 11.5. The Kier molecular flexibility index (Phi) is 5.08. The molecule has 5 heteroatoms. The molecule has 0 spiro atoms. The van der Waals surface area contributed by atoms with E-state index >= 15 is 0 Å². The number of amides is 3. The zero-order valence-corrected chi connectivity index (χ0v) is 9.79. The summed E-state index contributed by atoms with van der Waals surface area (Å²) in [5.41, 5.74) is 4.90. The number of urea groups is 1. The van der Waals surface area contributed by atoms with Gasteiger partial charge in [0.1, 0.15) is 0 Å². The van der Waals surface area contributed by atoms with Gasteiger partial charge in [0.15, 0.2) is 0 Å². The van der Waals surface area contributed by atoms with Gasteiger partial charge in [-0.15, -0.1) is 0 Å². The molecule has 1 aliphatic rings. The summed E-state index contributed by atoms with van der Waals surface area (Å²) in [6, 6.07) is -0.267. The molecule has 1 rings (SSSR count). The van der Waals surface area contributed by atoms with E-state index in [4.69, 9.17) is 5.73 Å². The molecule has 0 aromatic carbocycles. The van der Waals surface area contributed by atoms with Crippen LogP contribution in [0.1, 0.15) is 39.0 Å². The van der Waals surface area contributed by atoms with Crippen molar-refractivity contribution in [2.45, 2.75) is 45.1 Å². The van der Waals surface area contributed by atoms with Gasteiger partial charge in [-0.2, -0.15) is 0 Å². The van der Waals surface area contributed by atoms with Gasteiger partial charge in [-0.3, -0.25) is 4.79 Å². The minimum Gasteiger partial charge on any atom is -0.353 e. The van der Waals surface area contributed by atoms with Crippen LogP contribution in [0.4, 0.5) is 4.79 Å². The average Bonchev–Trinajstić information content (AvgIpc) is 2.21. The Morgan fingerprint density at radius 2 is 1.88 bits per heavy atom. The fourth-order valence-corrected chi connectivity index (χ4v) is 2.00. The Labute approximate surface area is 96.1 Å². The minimum atomic E-state index is -0.584. The molecule has 0 unspecified atom stereocenters. The second-order valence-electron chi connectivity index (χ2n) is 4.57. The quantitative estimate of drug-likeness (QED) is 0.661. The van der Waals surface area contributed by atoms with Gasteiger partial charge in [-0.1, -0.05) is 6.92 Å². The third-order valence-corrected chi connectivity index (χ3v) is 3.03. The van der Waals surface area contributed by atoms with E-state index < -0.39 is 6.03 Å². The maximum Gasteiger partial charge on any atom is 0.312 e. The molecule has 1 aliphatic carbocycles. The molecule has 92 valence electrons. The molecule has 5 nitrogen and oxygen atoms in total. The van der Waals surface area contributed by atoms with Crippen molar-refractivity contribution in [1.82, 2.24) is 10.6 Å². The van der Waals surface area contributed by atoms with Crippen LogP contribution >= 0.6 is 0 Å². The highest BCUT2D eigenvalue weighted by atomic mass is 16.2. The second-order valence-corrected chi connectivity index (χ2v) is 4.57. The predicted molar refractivity (Wildman–Crippen MR) is 61.8 cm³/mol. The van der Waals surface area contributed by atoms with E-state index in [2.05, 4.69) is 17.6 Å². The van der Waals surface area contributed by atoms with Crippen LogP contribution in [0.25, 0.3) is 0 Å². The number of primary amides is 1. The highest BCUT2D eigenvalue weighted by Gasteiger charge is 2.19. The number of hydrogen-bond donors (Lipinski definition) is 3. The van der Waals surface area contributed by atoms with Crippen molar-refractivity contribution in [3.63, 3.8) is 0 Å². The molecule has 16 heavy (non-hydrogen) atoms. The number of carbonyl (C=O) groups is 2. The summed E-state index contributed by atoms with van der Waals surface area (Å²) >= 11 is 0. The first-order chi connectivity index (χ1) is 7.58. The zero-order valence-electron chi connectivity index (χ0n) is 9.79. The summed E-state index contributed by atoms with van der Waals surface area (Å²) < 4.78 is 0. The number of hydrogen-bond acceptors (Lipinski definition) is 2. The summed E-state index contributed by atoms with van der Waals surface area (Å²) in [5, 5.41) is 5.38. The lowest BCUT2D eigenvalue weighted by Gasteiger charge is -2.26. The van der Waals surface area contributed by atoms with Crippen molar-refractivity contribution in [2.24, 2.45) is 11.7 Å². The van der Waals surface area contributed by atoms with Crippen molar-refractivity contribution >= 4 is 11.9 Å². The van der Waals surface area contributed by atoms with E-state index in [1.165, 1.54) is 12.8 Å². The van der Waals surface area contributed by atoms with E-state index in [1.807, 2.05) is 0 Å². The molecule has 0 heterocycles. The third kappa shape index (κ3) is 5.00. The van der Waals surface area contributed by atoms with E-state index in [-0.39, 0.29) is 5.91 Å². The summed E-state index contributed by atoms with van der Waals surface area (Å²) in [5.74, 6) is 0.776.